The molecular weight excluding hydrogens is 370 g/mol. The molecule has 1 heterocycles. The molecule has 0 fully saturated rings. The summed E-state index contributed by atoms with van der Waals surface area (Å²) in [7, 11) is 0. The fourth-order valence-electron chi connectivity index (χ4n) is 2.69. The van der Waals surface area contributed by atoms with Crippen LogP contribution in [0.2, 0.25) is 0 Å². The molecule has 0 bridgehead atoms. The third kappa shape index (κ3) is 6.18. The van der Waals surface area contributed by atoms with Crippen molar-refractivity contribution < 1.29 is 14.0 Å². The Bertz CT molecular complexity index is 1010. The minimum absolute atomic E-state index is 0.0146. The molecule has 1 atom stereocenters. The van der Waals surface area contributed by atoms with Gasteiger partial charge in [-0.05, 0) is 42.5 Å². The maximum absolute atomic E-state index is 12.1. The Morgan fingerprint density at radius 2 is 2.00 bits per heavy atom. The first kappa shape index (κ1) is 16.3. The van der Waals surface area contributed by atoms with Crippen LogP contribution >= 0.6 is 11.3 Å². The van der Waals surface area contributed by atoms with Crippen molar-refractivity contribution in [3.8, 4) is 0 Å². The van der Waals surface area contributed by atoms with Crippen LogP contribution in [0, 0.1) is 0 Å². The number of benzene rings is 2. The summed E-state index contributed by atoms with van der Waals surface area (Å²) in [5.41, 5.74) is 8.02. The van der Waals surface area contributed by atoms with Gasteiger partial charge in [0.1, 0.15) is 0 Å². The van der Waals surface area contributed by atoms with E-state index in [1.807, 2.05) is 0 Å². The summed E-state index contributed by atoms with van der Waals surface area (Å²) in [4.78, 5) is 16.2. The Kier molecular flexibility index (Phi) is 5.82. The molecule has 2 aromatic carbocycles. The average molecular weight is 399 g/mol. The highest BCUT2D eigenvalue weighted by Gasteiger charge is 2.08. The zero-order valence-corrected chi connectivity index (χ0v) is 16.2. The molecule has 4 N–H and O–H groups in total. The van der Waals surface area contributed by atoms with Crippen molar-refractivity contribution >= 4 is 28.1 Å². The minimum atomic E-state index is -1.83. The van der Waals surface area contributed by atoms with Crippen LogP contribution < -0.4 is 11.1 Å². The Labute approximate surface area is 173 Å². The summed E-state index contributed by atoms with van der Waals surface area (Å²) in [6, 6.07) is 15.6. The van der Waals surface area contributed by atoms with Crippen molar-refractivity contribution in [2.24, 2.45) is 0 Å². The van der Waals surface area contributed by atoms with E-state index in [2.05, 4.69) is 10.3 Å². The van der Waals surface area contributed by atoms with Crippen molar-refractivity contribution in [1.29, 1.82) is 0 Å². The Morgan fingerprint density at radius 1 is 1.25 bits per heavy atom. The number of aromatic nitrogens is 1. The van der Waals surface area contributed by atoms with E-state index in [4.69, 9.17) is 9.85 Å². The van der Waals surface area contributed by atoms with Crippen LogP contribution in [0.4, 0.5) is 10.8 Å². The first-order valence-electron chi connectivity index (χ1n) is 10.5. The van der Waals surface area contributed by atoms with E-state index in [9.17, 15) is 9.90 Å². The summed E-state index contributed by atoms with van der Waals surface area (Å²) < 4.78 is 24.7. The highest BCUT2D eigenvalue weighted by Crippen LogP contribution is 2.20. The van der Waals surface area contributed by atoms with Crippen LogP contribution in [-0.2, 0) is 17.6 Å². The molecule has 1 amide bonds. The van der Waals surface area contributed by atoms with Crippen LogP contribution in [0.3, 0.4) is 0 Å². The first-order chi connectivity index (χ1) is 14.6. The molecule has 0 aliphatic heterocycles. The summed E-state index contributed by atoms with van der Waals surface area (Å²) in [5.74, 6) is -0.205. The number of carbonyl (C=O) groups excluding carboxylic acids is 1. The van der Waals surface area contributed by atoms with Gasteiger partial charge in [0, 0.05) is 13.8 Å². The second-order valence-electron chi connectivity index (χ2n) is 6.34. The summed E-state index contributed by atoms with van der Waals surface area (Å²) in [6.45, 7) is 0. The van der Waals surface area contributed by atoms with Crippen LogP contribution in [0.15, 0.2) is 60.0 Å². The largest absolute Gasteiger partial charge is 0.388 e. The number of thiazole rings is 1. The zero-order chi connectivity index (χ0) is 22.5. The Hall–Kier alpha value is -2.70. The number of nitrogen functional groups attached to an aromatic ring is 1. The molecule has 3 rings (SSSR count). The molecule has 3 aromatic rings. The number of nitrogens with two attached hydrogens (primary N) is 1. The first-order valence-corrected chi connectivity index (χ1v) is 9.88. The number of aryl methyl sites for hydroxylation is 1. The van der Waals surface area contributed by atoms with Gasteiger partial charge >= 0.3 is 0 Å². The van der Waals surface area contributed by atoms with Gasteiger partial charge in [-0.2, -0.15) is 0 Å². The van der Waals surface area contributed by atoms with E-state index in [0.29, 0.717) is 22.1 Å². The van der Waals surface area contributed by atoms with Gasteiger partial charge in [-0.3, -0.25) is 4.79 Å². The number of anilines is 2. The molecule has 28 heavy (non-hydrogen) atoms. The van der Waals surface area contributed by atoms with E-state index in [1.54, 1.807) is 60.0 Å². The molecule has 1 aromatic heterocycles. The van der Waals surface area contributed by atoms with Gasteiger partial charge in [0.15, 0.2) is 5.13 Å². The monoisotopic (exact) mass is 398 g/mol. The number of rotatable bonds is 9. The molecule has 0 radical (unpaired) electrons. The molecule has 0 saturated heterocycles. The average Bonchev–Trinajstić information content (AvgIpc) is 3.13. The summed E-state index contributed by atoms with van der Waals surface area (Å²) >= 11 is 1.29. The van der Waals surface area contributed by atoms with E-state index >= 15 is 0 Å². The van der Waals surface area contributed by atoms with Crippen LogP contribution in [0.5, 0.6) is 0 Å². The van der Waals surface area contributed by atoms with E-state index < -0.39 is 12.5 Å². The third-order valence-corrected chi connectivity index (χ3v) is 4.85. The number of aliphatic hydroxyl groups is 1. The minimum Gasteiger partial charge on any atom is -0.388 e. The number of amides is 1. The van der Waals surface area contributed by atoms with Crippen molar-refractivity contribution in [2.75, 3.05) is 11.1 Å². The number of carbonyl (C=O) groups is 1. The number of nitrogens with zero attached hydrogens (tertiary/aromatic N) is 1. The molecule has 146 valence electrons. The van der Waals surface area contributed by atoms with Gasteiger partial charge in [0.05, 0.1) is 19.6 Å². The van der Waals surface area contributed by atoms with Crippen LogP contribution in [0.1, 0.15) is 46.2 Å². The van der Waals surface area contributed by atoms with Gasteiger partial charge in [0.25, 0.3) is 0 Å². The lowest BCUT2D eigenvalue weighted by Crippen LogP contribution is -2.14. The number of hydrogen-bond acceptors (Lipinski definition) is 5. The van der Waals surface area contributed by atoms with Crippen molar-refractivity contribution in [3.63, 3.8) is 0 Å². The molecule has 6 heteroatoms. The molecule has 0 unspecified atom stereocenters. The third-order valence-electron chi connectivity index (χ3n) is 4.12. The predicted octanol–water partition coefficient (Wildman–Crippen LogP) is 4.35. The molecule has 0 aliphatic carbocycles. The zero-order valence-electron chi connectivity index (χ0n) is 18.4. The summed E-state index contributed by atoms with van der Waals surface area (Å²) in [6.07, 6.45) is -3.11. The molecule has 5 nitrogen and oxygen atoms in total. The van der Waals surface area contributed by atoms with Crippen molar-refractivity contribution in [1.82, 2.24) is 4.98 Å². The van der Waals surface area contributed by atoms with Gasteiger partial charge in [-0.1, -0.05) is 48.9 Å². The maximum Gasteiger partial charge on any atom is 0.230 e. The highest BCUT2D eigenvalue weighted by atomic mass is 32.1. The van der Waals surface area contributed by atoms with E-state index in [1.165, 1.54) is 11.3 Å². The van der Waals surface area contributed by atoms with Crippen LogP contribution in [-0.4, -0.2) is 16.0 Å². The van der Waals surface area contributed by atoms with Gasteiger partial charge in [-0.15, -0.1) is 11.3 Å². The Balaban J connectivity index is 1.52. The SMILES string of the molecule is [2H]C([2H])(CC[C@]([2H])(O)c1ccccc1)Cc1ccc(NC(=O)Cc2csc(N)n2)cc1. The number of nitrogens with one attached hydrogen (secondary N) is 1. The van der Waals surface area contributed by atoms with E-state index in [-0.39, 0.29) is 31.6 Å². The second-order valence-corrected chi connectivity index (χ2v) is 7.23. The normalized spacial score (nSPS) is 15.1. The van der Waals surface area contributed by atoms with Gasteiger partial charge in [-0.25, -0.2) is 4.98 Å². The quantitative estimate of drug-likeness (QED) is 0.500. The van der Waals surface area contributed by atoms with Gasteiger partial charge in [0.2, 0.25) is 5.91 Å². The molecule has 0 aliphatic rings. The maximum atomic E-state index is 12.1. The standard InChI is InChI=1S/C22H25N3O2S/c23-22-25-19(15-28-22)14-21(27)24-18-12-10-16(11-13-18)6-4-5-9-20(26)17-7-2-1-3-8-17/h1-3,7-8,10-13,15,20,26H,4-6,9,14H2,(H2,23,25)(H,24,27)/t20-/m0/s1/i4D2,20D. The fraction of sp³-hybridized carbons (Fsp3) is 0.273. The van der Waals surface area contributed by atoms with E-state index in [0.717, 1.165) is 5.56 Å². The molecule has 0 spiro atoms. The van der Waals surface area contributed by atoms with Crippen molar-refractivity contribution in [3.05, 3.63) is 76.8 Å². The second kappa shape index (κ2) is 10.0. The Morgan fingerprint density at radius 3 is 2.68 bits per heavy atom. The topological polar surface area (TPSA) is 88.2 Å². The predicted molar refractivity (Wildman–Crippen MR) is 114 cm³/mol. The lowest BCUT2D eigenvalue weighted by Gasteiger charge is -2.10. The summed E-state index contributed by atoms with van der Waals surface area (Å²) in [5, 5.41) is 15.3. The van der Waals surface area contributed by atoms with Crippen molar-refractivity contribution in [2.45, 2.75) is 38.1 Å². The fourth-order valence-corrected chi connectivity index (χ4v) is 3.26. The smallest absolute Gasteiger partial charge is 0.230 e. The molecule has 0 saturated carbocycles. The number of hydrogen-bond donors (Lipinski definition) is 3. The van der Waals surface area contributed by atoms with Gasteiger partial charge < -0.3 is 16.2 Å². The lowest BCUT2D eigenvalue weighted by atomic mass is 10.0. The molecular formula is C22H25N3O2S. The lowest BCUT2D eigenvalue weighted by molar-refractivity contribution is -0.115. The van der Waals surface area contributed by atoms with Crippen LogP contribution in [0.25, 0.3) is 0 Å². The highest BCUT2D eigenvalue weighted by molar-refractivity contribution is 7.13.